The van der Waals surface area contributed by atoms with Gasteiger partial charge in [0.1, 0.15) is 6.04 Å². The predicted molar refractivity (Wildman–Crippen MR) is 66.8 cm³/mol. The number of carboxylic acid groups (broad SMARTS) is 1. The van der Waals surface area contributed by atoms with Crippen molar-refractivity contribution in [3.8, 4) is 0 Å². The molecule has 1 unspecified atom stereocenters. The van der Waals surface area contributed by atoms with Crippen LogP contribution in [0.1, 0.15) is 37.2 Å². The van der Waals surface area contributed by atoms with Crippen molar-refractivity contribution in [2.75, 3.05) is 0 Å². The first-order chi connectivity index (χ1) is 8.20. The minimum absolute atomic E-state index is 0.0452. The van der Waals surface area contributed by atoms with Crippen LogP contribution in [0.5, 0.6) is 0 Å². The first kappa shape index (κ1) is 12.1. The molecule has 2 atom stereocenters. The molecule has 2 rings (SSSR count). The largest absolute Gasteiger partial charge is 0.480 e. The number of hydrogen-bond acceptors (Lipinski definition) is 2. The van der Waals surface area contributed by atoms with Gasteiger partial charge in [0, 0.05) is 5.92 Å². The van der Waals surface area contributed by atoms with Crippen LogP contribution in [0.3, 0.4) is 0 Å². The predicted octanol–water partition coefficient (Wildman–Crippen LogP) is 2.37. The quantitative estimate of drug-likeness (QED) is 0.839. The molecule has 0 heterocycles. The maximum absolute atomic E-state index is 11.1. The average molecular weight is 233 g/mol. The molecule has 0 aromatic heterocycles. The third-order valence-electron chi connectivity index (χ3n) is 3.76. The Balaban J connectivity index is 2.26. The molecule has 0 aliphatic heterocycles. The fourth-order valence-corrected chi connectivity index (χ4v) is 2.92. The third-order valence-corrected chi connectivity index (χ3v) is 3.76. The van der Waals surface area contributed by atoms with Crippen LogP contribution in [0, 0.1) is 5.92 Å². The summed E-state index contributed by atoms with van der Waals surface area (Å²) in [5.41, 5.74) is 6.94. The molecule has 17 heavy (non-hydrogen) atoms. The van der Waals surface area contributed by atoms with Crippen LogP contribution in [-0.2, 0) is 4.79 Å². The van der Waals surface area contributed by atoms with Gasteiger partial charge in [-0.1, -0.05) is 43.2 Å². The first-order valence-corrected chi connectivity index (χ1v) is 6.23. The molecular formula is C14H19NO2. The highest BCUT2D eigenvalue weighted by Crippen LogP contribution is 2.38. The van der Waals surface area contributed by atoms with E-state index in [1.807, 2.05) is 30.3 Å². The van der Waals surface area contributed by atoms with Crippen molar-refractivity contribution in [2.24, 2.45) is 11.7 Å². The van der Waals surface area contributed by atoms with Gasteiger partial charge in [-0.25, -0.2) is 0 Å². The monoisotopic (exact) mass is 233 g/mol. The average Bonchev–Trinajstić information content (AvgIpc) is 2.84. The van der Waals surface area contributed by atoms with Crippen molar-refractivity contribution in [3.05, 3.63) is 35.9 Å². The number of carboxylic acids is 1. The Morgan fingerprint density at radius 3 is 2.35 bits per heavy atom. The summed E-state index contributed by atoms with van der Waals surface area (Å²) in [5.74, 6) is -0.523. The van der Waals surface area contributed by atoms with Crippen molar-refractivity contribution < 1.29 is 9.90 Å². The molecule has 0 radical (unpaired) electrons. The van der Waals surface area contributed by atoms with Crippen molar-refractivity contribution in [1.82, 2.24) is 0 Å². The van der Waals surface area contributed by atoms with E-state index in [4.69, 9.17) is 10.8 Å². The fraction of sp³-hybridized carbons (Fsp3) is 0.500. The Hall–Kier alpha value is -1.35. The summed E-state index contributed by atoms with van der Waals surface area (Å²) in [6.45, 7) is 0. The third kappa shape index (κ3) is 2.67. The maximum Gasteiger partial charge on any atom is 0.321 e. The molecule has 1 saturated carbocycles. The standard InChI is InChI=1S/C14H19NO2/c15-13(14(16)17)12(11-8-4-5-9-11)10-6-2-1-3-7-10/h1-3,6-7,11-13H,4-5,8-9,15H2,(H,16,17)/t12?,13-/m0/s1. The Morgan fingerprint density at radius 1 is 1.24 bits per heavy atom. The van der Waals surface area contributed by atoms with E-state index >= 15 is 0 Å². The van der Waals surface area contributed by atoms with E-state index in [1.165, 1.54) is 12.8 Å². The normalized spacial score (nSPS) is 20.1. The molecule has 92 valence electrons. The van der Waals surface area contributed by atoms with Crippen LogP contribution in [0.4, 0.5) is 0 Å². The van der Waals surface area contributed by atoms with Gasteiger partial charge in [-0.15, -0.1) is 0 Å². The van der Waals surface area contributed by atoms with Crippen molar-refractivity contribution in [1.29, 1.82) is 0 Å². The summed E-state index contributed by atoms with van der Waals surface area (Å²) in [5, 5.41) is 9.15. The fourth-order valence-electron chi connectivity index (χ4n) is 2.92. The zero-order valence-electron chi connectivity index (χ0n) is 9.88. The van der Waals surface area contributed by atoms with Gasteiger partial charge in [-0.2, -0.15) is 0 Å². The van der Waals surface area contributed by atoms with E-state index in [0.717, 1.165) is 18.4 Å². The Kier molecular flexibility index (Phi) is 3.79. The summed E-state index contributed by atoms with van der Waals surface area (Å²) >= 11 is 0. The molecule has 0 amide bonds. The lowest BCUT2D eigenvalue weighted by Crippen LogP contribution is -2.39. The van der Waals surface area contributed by atoms with Crippen molar-refractivity contribution >= 4 is 5.97 Å². The molecule has 1 aliphatic carbocycles. The second kappa shape index (κ2) is 5.32. The van der Waals surface area contributed by atoms with Gasteiger partial charge in [0.25, 0.3) is 0 Å². The van der Waals surface area contributed by atoms with E-state index in [-0.39, 0.29) is 5.92 Å². The molecule has 1 aliphatic rings. The van der Waals surface area contributed by atoms with Crippen LogP contribution < -0.4 is 5.73 Å². The lowest BCUT2D eigenvalue weighted by Gasteiger charge is -2.27. The molecule has 3 N–H and O–H groups in total. The van der Waals surface area contributed by atoms with Crippen molar-refractivity contribution in [3.63, 3.8) is 0 Å². The Bertz CT molecular complexity index is 371. The maximum atomic E-state index is 11.1. The zero-order chi connectivity index (χ0) is 12.3. The van der Waals surface area contributed by atoms with Gasteiger partial charge in [-0.05, 0) is 24.3 Å². The Labute approximate surface area is 102 Å². The number of benzene rings is 1. The van der Waals surface area contributed by atoms with E-state index < -0.39 is 12.0 Å². The van der Waals surface area contributed by atoms with Gasteiger partial charge in [0.2, 0.25) is 0 Å². The highest BCUT2D eigenvalue weighted by Gasteiger charge is 2.34. The molecule has 1 fully saturated rings. The molecule has 1 aromatic rings. The van der Waals surface area contributed by atoms with E-state index in [1.54, 1.807) is 0 Å². The zero-order valence-corrected chi connectivity index (χ0v) is 9.88. The molecule has 1 aromatic carbocycles. The number of rotatable bonds is 4. The summed E-state index contributed by atoms with van der Waals surface area (Å²) in [4.78, 5) is 11.1. The highest BCUT2D eigenvalue weighted by atomic mass is 16.4. The summed E-state index contributed by atoms with van der Waals surface area (Å²) in [6.07, 6.45) is 4.59. The van der Waals surface area contributed by atoms with Crippen LogP contribution in [0.2, 0.25) is 0 Å². The summed E-state index contributed by atoms with van der Waals surface area (Å²) in [6, 6.07) is 9.04. The summed E-state index contributed by atoms with van der Waals surface area (Å²) in [7, 11) is 0. The SMILES string of the molecule is N[C@H](C(=O)O)C(c1ccccc1)C1CCCC1. The lowest BCUT2D eigenvalue weighted by molar-refractivity contribution is -0.139. The van der Waals surface area contributed by atoms with E-state index in [0.29, 0.717) is 5.92 Å². The molecule has 3 heteroatoms. The molecule has 0 spiro atoms. The van der Waals surface area contributed by atoms with Gasteiger partial charge in [0.05, 0.1) is 0 Å². The van der Waals surface area contributed by atoms with Gasteiger partial charge < -0.3 is 10.8 Å². The van der Waals surface area contributed by atoms with Crippen LogP contribution in [0.15, 0.2) is 30.3 Å². The second-order valence-corrected chi connectivity index (χ2v) is 4.85. The molecule has 3 nitrogen and oxygen atoms in total. The minimum atomic E-state index is -0.897. The van der Waals surface area contributed by atoms with Crippen LogP contribution in [-0.4, -0.2) is 17.1 Å². The topological polar surface area (TPSA) is 63.3 Å². The Morgan fingerprint density at radius 2 is 1.82 bits per heavy atom. The first-order valence-electron chi connectivity index (χ1n) is 6.23. The van der Waals surface area contributed by atoms with E-state index in [9.17, 15) is 4.79 Å². The van der Waals surface area contributed by atoms with Gasteiger partial charge in [-0.3, -0.25) is 4.79 Å². The second-order valence-electron chi connectivity index (χ2n) is 4.85. The minimum Gasteiger partial charge on any atom is -0.480 e. The summed E-state index contributed by atoms with van der Waals surface area (Å²) < 4.78 is 0. The number of aliphatic carboxylic acids is 1. The van der Waals surface area contributed by atoms with Crippen molar-refractivity contribution in [2.45, 2.75) is 37.6 Å². The number of hydrogen-bond donors (Lipinski definition) is 2. The highest BCUT2D eigenvalue weighted by molar-refractivity contribution is 5.74. The van der Waals surface area contributed by atoms with Gasteiger partial charge in [0.15, 0.2) is 0 Å². The molecule has 0 bridgehead atoms. The smallest absolute Gasteiger partial charge is 0.321 e. The number of nitrogens with two attached hydrogens (primary N) is 1. The lowest BCUT2D eigenvalue weighted by atomic mass is 9.80. The number of carbonyl (C=O) groups is 1. The molecule has 0 saturated heterocycles. The molecular weight excluding hydrogens is 214 g/mol. The van der Waals surface area contributed by atoms with E-state index in [2.05, 4.69) is 0 Å². The van der Waals surface area contributed by atoms with Gasteiger partial charge >= 0.3 is 5.97 Å². The van der Waals surface area contributed by atoms with Crippen LogP contribution in [0.25, 0.3) is 0 Å². The van der Waals surface area contributed by atoms with Crippen LogP contribution >= 0.6 is 0 Å².